The van der Waals surface area contributed by atoms with Crippen molar-refractivity contribution in [2.24, 2.45) is 0 Å². The van der Waals surface area contributed by atoms with Gasteiger partial charge in [0.1, 0.15) is 5.60 Å². The molecule has 0 aliphatic carbocycles. The van der Waals surface area contributed by atoms with Crippen molar-refractivity contribution in [3.8, 4) is 0 Å². The largest absolute Gasteiger partial charge is 0.444 e. The number of nitrogens with zero attached hydrogens (tertiary/aromatic N) is 1. The van der Waals surface area contributed by atoms with Crippen LogP contribution in [-0.2, 0) is 9.47 Å². The third kappa shape index (κ3) is 4.02. The second kappa shape index (κ2) is 6.12. The van der Waals surface area contributed by atoms with Crippen LogP contribution in [0.3, 0.4) is 0 Å². The summed E-state index contributed by atoms with van der Waals surface area (Å²) in [6, 6.07) is 5.15. The fraction of sp³-hybridized carbons (Fsp3) is 0.533. The van der Waals surface area contributed by atoms with E-state index >= 15 is 0 Å². The number of ether oxygens (including phenoxy) is 2. The van der Waals surface area contributed by atoms with Crippen molar-refractivity contribution in [1.29, 1.82) is 0 Å². The number of halogens is 1. The van der Waals surface area contributed by atoms with Crippen LogP contribution in [0, 0.1) is 0 Å². The number of benzene rings is 1. The minimum absolute atomic E-state index is 0.216. The molecule has 2 rings (SSSR count). The Morgan fingerprint density at radius 3 is 2.81 bits per heavy atom. The number of carbonyl (C=O) groups is 1. The van der Waals surface area contributed by atoms with Crippen molar-refractivity contribution in [3.05, 3.63) is 28.8 Å². The van der Waals surface area contributed by atoms with Gasteiger partial charge in [0.2, 0.25) is 0 Å². The monoisotopic (exact) mass is 312 g/mol. The highest BCUT2D eigenvalue weighted by molar-refractivity contribution is 6.33. The lowest BCUT2D eigenvalue weighted by Crippen LogP contribution is -2.45. The van der Waals surface area contributed by atoms with E-state index < -0.39 is 5.60 Å². The quantitative estimate of drug-likeness (QED) is 0.809. The van der Waals surface area contributed by atoms with E-state index in [2.05, 4.69) is 0 Å². The zero-order valence-electron chi connectivity index (χ0n) is 12.6. The Hall–Kier alpha value is -1.46. The van der Waals surface area contributed by atoms with Crippen LogP contribution < -0.4 is 5.73 Å². The van der Waals surface area contributed by atoms with Crippen LogP contribution in [0.25, 0.3) is 0 Å². The summed E-state index contributed by atoms with van der Waals surface area (Å²) in [6.45, 7) is 6.95. The van der Waals surface area contributed by atoms with Gasteiger partial charge in [-0.1, -0.05) is 17.7 Å². The summed E-state index contributed by atoms with van der Waals surface area (Å²) in [5.74, 6) is 0. The average Bonchev–Trinajstić information content (AvgIpc) is 2.40. The highest BCUT2D eigenvalue weighted by Crippen LogP contribution is 2.30. The van der Waals surface area contributed by atoms with Crippen LogP contribution in [0.2, 0.25) is 5.02 Å². The maximum absolute atomic E-state index is 12.3. The van der Waals surface area contributed by atoms with Crippen LogP contribution >= 0.6 is 11.6 Å². The summed E-state index contributed by atoms with van der Waals surface area (Å²) in [6.07, 6.45) is -0.344. The second-order valence-electron chi connectivity index (χ2n) is 6.05. The van der Waals surface area contributed by atoms with E-state index in [9.17, 15) is 4.79 Å². The Labute approximate surface area is 130 Å². The van der Waals surface area contributed by atoms with Crippen LogP contribution in [0.15, 0.2) is 18.2 Å². The molecule has 0 aromatic heterocycles. The molecule has 1 aromatic carbocycles. The van der Waals surface area contributed by atoms with Crippen molar-refractivity contribution in [2.75, 3.05) is 25.5 Å². The van der Waals surface area contributed by atoms with Crippen molar-refractivity contribution >= 4 is 23.4 Å². The van der Waals surface area contributed by atoms with Gasteiger partial charge in [0, 0.05) is 6.54 Å². The molecule has 1 amide bonds. The van der Waals surface area contributed by atoms with E-state index in [0.29, 0.717) is 30.5 Å². The molecule has 0 radical (unpaired) electrons. The molecular weight excluding hydrogens is 292 g/mol. The number of nitrogen functional groups attached to an aromatic ring is 1. The van der Waals surface area contributed by atoms with Crippen molar-refractivity contribution < 1.29 is 14.3 Å². The Kier molecular flexibility index (Phi) is 4.64. The van der Waals surface area contributed by atoms with E-state index in [4.69, 9.17) is 26.8 Å². The summed E-state index contributed by atoms with van der Waals surface area (Å²) in [5.41, 5.74) is 6.60. The van der Waals surface area contributed by atoms with Gasteiger partial charge in [-0.05, 0) is 38.5 Å². The van der Waals surface area contributed by atoms with Gasteiger partial charge in [-0.3, -0.25) is 4.90 Å². The molecule has 116 valence electrons. The summed E-state index contributed by atoms with van der Waals surface area (Å²) < 4.78 is 11.0. The Morgan fingerprint density at radius 1 is 1.48 bits per heavy atom. The predicted molar refractivity (Wildman–Crippen MR) is 82.4 cm³/mol. The van der Waals surface area contributed by atoms with Crippen LogP contribution in [0.5, 0.6) is 0 Å². The Bertz CT molecular complexity index is 528. The van der Waals surface area contributed by atoms with Crippen molar-refractivity contribution in [1.82, 2.24) is 4.90 Å². The standard InChI is InChI=1S/C15H21ClN2O3/c1-15(2,3)21-14(19)18-6-7-20-9-13(18)10-4-5-12(17)11(16)8-10/h4-5,8,13H,6-7,9,17H2,1-3H3/t13-/m0/s1. The second-order valence-corrected chi connectivity index (χ2v) is 6.45. The SMILES string of the molecule is CC(C)(C)OC(=O)N1CCOC[C@H]1c1ccc(N)c(Cl)c1. The van der Waals surface area contributed by atoms with Gasteiger partial charge >= 0.3 is 6.09 Å². The molecule has 2 N–H and O–H groups in total. The molecular formula is C15H21ClN2O3. The van der Waals surface area contributed by atoms with Crippen molar-refractivity contribution in [2.45, 2.75) is 32.4 Å². The molecule has 1 aliphatic rings. The zero-order valence-corrected chi connectivity index (χ0v) is 13.3. The third-order valence-electron chi connectivity index (χ3n) is 3.17. The first kappa shape index (κ1) is 15.9. The highest BCUT2D eigenvalue weighted by atomic mass is 35.5. The van der Waals surface area contributed by atoms with Gasteiger partial charge in [-0.15, -0.1) is 0 Å². The molecule has 0 spiro atoms. The summed E-state index contributed by atoms with van der Waals surface area (Å²) in [5, 5.41) is 0.474. The number of amides is 1. The van der Waals surface area contributed by atoms with Crippen molar-refractivity contribution in [3.63, 3.8) is 0 Å². The van der Waals surface area contributed by atoms with Gasteiger partial charge in [0.15, 0.2) is 0 Å². The molecule has 1 aromatic rings. The third-order valence-corrected chi connectivity index (χ3v) is 3.49. The first-order valence-electron chi connectivity index (χ1n) is 6.90. The molecule has 1 saturated heterocycles. The van der Waals surface area contributed by atoms with Gasteiger partial charge in [-0.25, -0.2) is 4.79 Å². The fourth-order valence-corrected chi connectivity index (χ4v) is 2.36. The molecule has 1 fully saturated rings. The number of carbonyl (C=O) groups excluding carboxylic acids is 1. The van der Waals surface area contributed by atoms with E-state index in [-0.39, 0.29) is 12.1 Å². The number of hydrogen-bond donors (Lipinski definition) is 1. The van der Waals surface area contributed by atoms with E-state index in [0.717, 1.165) is 5.56 Å². The molecule has 0 unspecified atom stereocenters. The lowest BCUT2D eigenvalue weighted by Gasteiger charge is -2.36. The first-order valence-corrected chi connectivity index (χ1v) is 7.28. The zero-order chi connectivity index (χ0) is 15.6. The van der Waals surface area contributed by atoms with E-state index in [1.54, 1.807) is 17.0 Å². The Balaban J connectivity index is 2.22. The minimum Gasteiger partial charge on any atom is -0.444 e. The minimum atomic E-state index is -0.529. The lowest BCUT2D eigenvalue weighted by atomic mass is 10.0. The normalized spacial score (nSPS) is 19.4. The van der Waals surface area contributed by atoms with E-state index in [1.807, 2.05) is 26.8 Å². The topological polar surface area (TPSA) is 64.8 Å². The molecule has 21 heavy (non-hydrogen) atoms. The molecule has 5 nitrogen and oxygen atoms in total. The number of nitrogens with two attached hydrogens (primary N) is 1. The van der Waals surface area contributed by atoms with Gasteiger partial charge in [0.05, 0.1) is 30.0 Å². The first-order chi connectivity index (χ1) is 9.78. The van der Waals surface area contributed by atoms with Gasteiger partial charge < -0.3 is 15.2 Å². The molecule has 1 aliphatic heterocycles. The van der Waals surface area contributed by atoms with Gasteiger partial charge in [-0.2, -0.15) is 0 Å². The van der Waals surface area contributed by atoms with Crippen LogP contribution in [0.4, 0.5) is 10.5 Å². The molecule has 6 heteroatoms. The maximum atomic E-state index is 12.3. The number of rotatable bonds is 1. The predicted octanol–water partition coefficient (Wildman–Crippen LogP) is 3.23. The maximum Gasteiger partial charge on any atom is 0.410 e. The lowest BCUT2D eigenvalue weighted by molar-refractivity contribution is -0.0331. The van der Waals surface area contributed by atoms with Gasteiger partial charge in [0.25, 0.3) is 0 Å². The number of anilines is 1. The highest BCUT2D eigenvalue weighted by Gasteiger charge is 2.32. The van der Waals surface area contributed by atoms with E-state index in [1.165, 1.54) is 0 Å². The van der Waals surface area contributed by atoms with Crippen LogP contribution in [-0.4, -0.2) is 36.4 Å². The number of morpholine rings is 1. The molecule has 0 bridgehead atoms. The average molecular weight is 313 g/mol. The molecule has 1 atom stereocenters. The Morgan fingerprint density at radius 2 is 2.19 bits per heavy atom. The smallest absolute Gasteiger partial charge is 0.410 e. The summed E-state index contributed by atoms with van der Waals surface area (Å²) in [4.78, 5) is 14.0. The summed E-state index contributed by atoms with van der Waals surface area (Å²) in [7, 11) is 0. The molecule has 1 heterocycles. The fourth-order valence-electron chi connectivity index (χ4n) is 2.17. The molecule has 0 saturated carbocycles. The van der Waals surface area contributed by atoms with Crippen LogP contribution in [0.1, 0.15) is 32.4 Å². The number of hydrogen-bond acceptors (Lipinski definition) is 4. The summed E-state index contributed by atoms with van der Waals surface area (Å²) >= 11 is 6.07.